The van der Waals surface area contributed by atoms with Crippen molar-refractivity contribution in [3.63, 3.8) is 0 Å². The first-order chi connectivity index (χ1) is 11.1. The number of aromatic nitrogens is 2. The monoisotopic (exact) mass is 311 g/mol. The van der Waals surface area contributed by atoms with Gasteiger partial charge in [0, 0.05) is 18.0 Å². The average molecular weight is 311 g/mol. The van der Waals surface area contributed by atoms with E-state index in [2.05, 4.69) is 20.6 Å². The van der Waals surface area contributed by atoms with Gasteiger partial charge < -0.3 is 10.6 Å². The maximum Gasteiger partial charge on any atom is 0.225 e. The van der Waals surface area contributed by atoms with Crippen LogP contribution in [0.5, 0.6) is 0 Å². The van der Waals surface area contributed by atoms with Gasteiger partial charge >= 0.3 is 0 Å². The average Bonchev–Trinajstić information content (AvgIpc) is 3.31. The maximum atomic E-state index is 13.7. The van der Waals surface area contributed by atoms with Gasteiger partial charge in [0.25, 0.3) is 0 Å². The summed E-state index contributed by atoms with van der Waals surface area (Å²) in [6.07, 6.45) is 2.25. The molecule has 0 atom stereocenters. The summed E-state index contributed by atoms with van der Waals surface area (Å²) in [5.74, 6) is 1.03. The van der Waals surface area contributed by atoms with Gasteiger partial charge in [-0.3, -0.25) is 0 Å². The zero-order valence-electron chi connectivity index (χ0n) is 13.1. The number of nitrogens with zero attached hydrogens (tertiary/aromatic N) is 3. The van der Waals surface area contributed by atoms with Gasteiger partial charge in [0.1, 0.15) is 23.3 Å². The summed E-state index contributed by atoms with van der Waals surface area (Å²) in [5.41, 5.74) is 1.36. The molecule has 1 aromatic heterocycles. The molecular weight excluding hydrogens is 293 g/mol. The quantitative estimate of drug-likeness (QED) is 0.875. The van der Waals surface area contributed by atoms with Crippen LogP contribution in [0.3, 0.4) is 0 Å². The summed E-state index contributed by atoms with van der Waals surface area (Å²) >= 11 is 0. The summed E-state index contributed by atoms with van der Waals surface area (Å²) in [6, 6.07) is 8.46. The van der Waals surface area contributed by atoms with E-state index in [0.717, 1.165) is 18.5 Å². The second-order valence-electron chi connectivity index (χ2n) is 5.97. The van der Waals surface area contributed by atoms with Crippen molar-refractivity contribution < 1.29 is 4.39 Å². The lowest BCUT2D eigenvalue weighted by atomic mass is 10.2. The molecule has 5 nitrogen and oxygen atoms in total. The highest BCUT2D eigenvalue weighted by Gasteiger charge is 2.26. The Bertz CT molecular complexity index is 762. The van der Waals surface area contributed by atoms with E-state index in [0.29, 0.717) is 23.4 Å². The Morgan fingerprint density at radius 2 is 2.09 bits per heavy atom. The van der Waals surface area contributed by atoms with Crippen molar-refractivity contribution >= 4 is 17.5 Å². The molecule has 0 aliphatic heterocycles. The number of anilines is 3. The predicted octanol–water partition coefficient (Wildman–Crippen LogP) is 3.93. The summed E-state index contributed by atoms with van der Waals surface area (Å²) < 4.78 is 13.7. The first kappa shape index (κ1) is 15.2. The Balaban J connectivity index is 1.94. The largest absolute Gasteiger partial charge is 0.352 e. The number of halogens is 1. The van der Waals surface area contributed by atoms with Crippen molar-refractivity contribution in [2.45, 2.75) is 38.6 Å². The van der Waals surface area contributed by atoms with Crippen LogP contribution in [0, 0.1) is 17.1 Å². The van der Waals surface area contributed by atoms with Crippen LogP contribution in [0.2, 0.25) is 0 Å². The van der Waals surface area contributed by atoms with Gasteiger partial charge in [0.2, 0.25) is 5.95 Å². The highest BCUT2D eigenvalue weighted by atomic mass is 19.1. The normalized spacial score (nSPS) is 13.7. The van der Waals surface area contributed by atoms with E-state index in [1.807, 2.05) is 26.0 Å². The van der Waals surface area contributed by atoms with Gasteiger partial charge in [-0.15, -0.1) is 0 Å². The molecule has 0 bridgehead atoms. The van der Waals surface area contributed by atoms with Gasteiger partial charge in [-0.05, 0) is 38.8 Å². The Morgan fingerprint density at radius 1 is 1.30 bits per heavy atom. The SMILES string of the molecule is CC(C)Nc1nc(Nc2cccc(F)c2C#N)cc(C2CC2)n1. The third-order valence-electron chi connectivity index (χ3n) is 3.55. The zero-order chi connectivity index (χ0) is 16.4. The molecule has 1 aromatic carbocycles. The lowest BCUT2D eigenvalue weighted by Crippen LogP contribution is -2.14. The molecule has 1 heterocycles. The minimum absolute atomic E-state index is 0.0162. The molecule has 0 spiro atoms. The number of hydrogen-bond acceptors (Lipinski definition) is 5. The van der Waals surface area contributed by atoms with Gasteiger partial charge in [-0.25, -0.2) is 9.37 Å². The Kier molecular flexibility index (Phi) is 4.11. The molecular formula is C17H18FN5. The molecule has 0 unspecified atom stereocenters. The lowest BCUT2D eigenvalue weighted by Gasteiger charge is -2.13. The van der Waals surface area contributed by atoms with Crippen LogP contribution in [0.4, 0.5) is 21.8 Å². The first-order valence-corrected chi connectivity index (χ1v) is 7.68. The van der Waals surface area contributed by atoms with Gasteiger partial charge in [0.05, 0.1) is 11.4 Å². The molecule has 0 saturated heterocycles. The Morgan fingerprint density at radius 3 is 2.74 bits per heavy atom. The fourth-order valence-corrected chi connectivity index (χ4v) is 2.32. The zero-order valence-corrected chi connectivity index (χ0v) is 13.1. The molecule has 0 radical (unpaired) electrons. The molecule has 118 valence electrons. The summed E-state index contributed by atoms with van der Waals surface area (Å²) in [7, 11) is 0. The van der Waals surface area contributed by atoms with Crippen molar-refractivity contribution in [1.82, 2.24) is 9.97 Å². The second-order valence-corrected chi connectivity index (χ2v) is 5.97. The van der Waals surface area contributed by atoms with E-state index >= 15 is 0 Å². The molecule has 3 rings (SSSR count). The Labute approximate surface area is 134 Å². The first-order valence-electron chi connectivity index (χ1n) is 7.68. The van der Waals surface area contributed by atoms with Crippen LogP contribution in [-0.2, 0) is 0 Å². The summed E-state index contributed by atoms with van der Waals surface area (Å²) in [4.78, 5) is 8.95. The van der Waals surface area contributed by atoms with Crippen molar-refractivity contribution in [3.8, 4) is 6.07 Å². The number of nitriles is 1. The fraction of sp³-hybridized carbons (Fsp3) is 0.353. The molecule has 1 saturated carbocycles. The van der Waals surface area contributed by atoms with E-state index in [-0.39, 0.29) is 11.6 Å². The van der Waals surface area contributed by atoms with E-state index in [9.17, 15) is 4.39 Å². The molecule has 1 aliphatic rings. The molecule has 1 aliphatic carbocycles. The molecule has 23 heavy (non-hydrogen) atoms. The molecule has 0 amide bonds. The second kappa shape index (κ2) is 6.21. The minimum atomic E-state index is -0.547. The third kappa shape index (κ3) is 3.57. The third-order valence-corrected chi connectivity index (χ3v) is 3.55. The highest BCUT2D eigenvalue weighted by Crippen LogP contribution is 2.40. The molecule has 6 heteroatoms. The standard InChI is InChI=1S/C17H18FN5/c1-10(2)20-17-22-15(11-6-7-11)8-16(23-17)21-14-5-3-4-13(18)12(14)9-19/h3-5,8,10-11H,6-7H2,1-2H3,(H2,20,21,22,23). The maximum absolute atomic E-state index is 13.7. The summed E-state index contributed by atoms with van der Waals surface area (Å²) in [6.45, 7) is 4.03. The van der Waals surface area contributed by atoms with Crippen LogP contribution in [0.25, 0.3) is 0 Å². The minimum Gasteiger partial charge on any atom is -0.352 e. The van der Waals surface area contributed by atoms with E-state index < -0.39 is 5.82 Å². The van der Waals surface area contributed by atoms with Crippen molar-refractivity contribution in [3.05, 3.63) is 41.3 Å². The van der Waals surface area contributed by atoms with Crippen LogP contribution in [-0.4, -0.2) is 16.0 Å². The highest BCUT2D eigenvalue weighted by molar-refractivity contribution is 5.65. The number of benzene rings is 1. The number of nitrogens with one attached hydrogen (secondary N) is 2. The topological polar surface area (TPSA) is 73.6 Å². The van der Waals surface area contributed by atoms with Crippen LogP contribution >= 0.6 is 0 Å². The van der Waals surface area contributed by atoms with E-state index in [4.69, 9.17) is 5.26 Å². The smallest absolute Gasteiger partial charge is 0.225 e. The summed E-state index contributed by atoms with van der Waals surface area (Å²) in [5, 5.41) is 15.4. The number of hydrogen-bond donors (Lipinski definition) is 2. The van der Waals surface area contributed by atoms with Gasteiger partial charge in [-0.1, -0.05) is 6.07 Å². The number of rotatable bonds is 5. The van der Waals surface area contributed by atoms with Crippen LogP contribution in [0.15, 0.2) is 24.3 Å². The predicted molar refractivity (Wildman–Crippen MR) is 87.2 cm³/mol. The van der Waals surface area contributed by atoms with Crippen molar-refractivity contribution in [2.75, 3.05) is 10.6 Å². The molecule has 2 aromatic rings. The molecule has 2 N–H and O–H groups in total. The van der Waals surface area contributed by atoms with E-state index in [1.165, 1.54) is 6.07 Å². The molecule has 1 fully saturated rings. The Hall–Kier alpha value is -2.68. The lowest BCUT2D eigenvalue weighted by molar-refractivity contribution is 0.624. The van der Waals surface area contributed by atoms with E-state index in [1.54, 1.807) is 12.1 Å². The van der Waals surface area contributed by atoms with Crippen LogP contribution in [0.1, 0.15) is 43.9 Å². The fourth-order valence-electron chi connectivity index (χ4n) is 2.32. The van der Waals surface area contributed by atoms with Gasteiger partial charge in [0.15, 0.2) is 0 Å². The van der Waals surface area contributed by atoms with Crippen molar-refractivity contribution in [1.29, 1.82) is 5.26 Å². The van der Waals surface area contributed by atoms with Crippen molar-refractivity contribution in [2.24, 2.45) is 0 Å². The van der Waals surface area contributed by atoms with Gasteiger partial charge in [-0.2, -0.15) is 10.2 Å². The van der Waals surface area contributed by atoms with Crippen LogP contribution < -0.4 is 10.6 Å².